The molecule has 4 nitrogen and oxygen atoms in total. The molecule has 0 unspecified atom stereocenters. The van der Waals surface area contributed by atoms with Crippen molar-refractivity contribution in [3.05, 3.63) is 52.0 Å². The first-order valence-corrected chi connectivity index (χ1v) is 8.03. The SMILES string of the molecule is CC(C)NCc1cnc(-n2cc(I)cn2)c2ccccc12. The molecular weight excluding hydrogens is 375 g/mol. The summed E-state index contributed by atoms with van der Waals surface area (Å²) in [7, 11) is 0. The van der Waals surface area contributed by atoms with Gasteiger partial charge in [-0.25, -0.2) is 9.67 Å². The minimum absolute atomic E-state index is 0.455. The lowest BCUT2D eigenvalue weighted by atomic mass is 10.1. The molecule has 0 saturated heterocycles. The molecule has 0 spiro atoms. The molecule has 0 amide bonds. The van der Waals surface area contributed by atoms with Crippen LogP contribution >= 0.6 is 22.6 Å². The summed E-state index contributed by atoms with van der Waals surface area (Å²) in [5.41, 5.74) is 1.21. The smallest absolute Gasteiger partial charge is 0.161 e. The van der Waals surface area contributed by atoms with Crippen LogP contribution in [0, 0.1) is 3.57 Å². The highest BCUT2D eigenvalue weighted by atomic mass is 127. The Morgan fingerprint density at radius 1 is 1.19 bits per heavy atom. The van der Waals surface area contributed by atoms with Crippen molar-refractivity contribution in [3.8, 4) is 5.82 Å². The van der Waals surface area contributed by atoms with Crippen molar-refractivity contribution in [1.82, 2.24) is 20.1 Å². The van der Waals surface area contributed by atoms with Crippen LogP contribution in [-0.4, -0.2) is 20.8 Å². The van der Waals surface area contributed by atoms with Crippen molar-refractivity contribution in [2.24, 2.45) is 0 Å². The molecule has 3 rings (SSSR count). The topological polar surface area (TPSA) is 42.7 Å². The van der Waals surface area contributed by atoms with Gasteiger partial charge in [-0.2, -0.15) is 5.10 Å². The molecule has 2 heterocycles. The summed E-state index contributed by atoms with van der Waals surface area (Å²) in [5.74, 6) is 0.877. The van der Waals surface area contributed by atoms with E-state index in [-0.39, 0.29) is 0 Å². The number of rotatable bonds is 4. The Kier molecular flexibility index (Phi) is 4.21. The fourth-order valence-corrected chi connectivity index (χ4v) is 2.68. The van der Waals surface area contributed by atoms with Crippen molar-refractivity contribution in [1.29, 1.82) is 0 Å². The third kappa shape index (κ3) is 3.08. The Balaban J connectivity index is 2.10. The van der Waals surface area contributed by atoms with Gasteiger partial charge in [0.2, 0.25) is 0 Å². The minimum Gasteiger partial charge on any atom is -0.310 e. The molecular formula is C16H17IN4. The molecule has 2 aromatic heterocycles. The zero-order valence-electron chi connectivity index (χ0n) is 12.0. The minimum atomic E-state index is 0.455. The van der Waals surface area contributed by atoms with E-state index < -0.39 is 0 Å². The maximum absolute atomic E-state index is 4.63. The standard InChI is InChI=1S/C16H17IN4/c1-11(2)18-7-12-8-19-16(21-10-13(17)9-20-21)15-6-4-3-5-14(12)15/h3-6,8-11,18H,7H2,1-2H3. The second kappa shape index (κ2) is 6.11. The largest absolute Gasteiger partial charge is 0.310 e. The van der Waals surface area contributed by atoms with Gasteiger partial charge in [-0.05, 0) is 33.5 Å². The third-order valence-electron chi connectivity index (χ3n) is 3.33. The van der Waals surface area contributed by atoms with Crippen molar-refractivity contribution < 1.29 is 0 Å². The molecule has 1 N–H and O–H groups in total. The van der Waals surface area contributed by atoms with Crippen LogP contribution in [0.25, 0.3) is 16.6 Å². The first-order chi connectivity index (χ1) is 10.1. The molecule has 0 aliphatic heterocycles. The van der Waals surface area contributed by atoms with Gasteiger partial charge in [0.1, 0.15) is 0 Å². The van der Waals surface area contributed by atoms with Crippen LogP contribution in [0.5, 0.6) is 0 Å². The maximum Gasteiger partial charge on any atom is 0.161 e. The van der Waals surface area contributed by atoms with E-state index in [9.17, 15) is 0 Å². The fourth-order valence-electron chi connectivity index (χ4n) is 2.29. The molecule has 0 atom stereocenters. The van der Waals surface area contributed by atoms with Crippen molar-refractivity contribution in [2.75, 3.05) is 0 Å². The van der Waals surface area contributed by atoms with Gasteiger partial charge in [0.15, 0.2) is 5.82 Å². The Bertz CT molecular complexity index is 764. The number of hydrogen-bond acceptors (Lipinski definition) is 3. The summed E-state index contributed by atoms with van der Waals surface area (Å²) in [6.07, 6.45) is 5.77. The van der Waals surface area contributed by atoms with Gasteiger partial charge < -0.3 is 5.32 Å². The molecule has 0 bridgehead atoms. The van der Waals surface area contributed by atoms with Crippen LogP contribution in [-0.2, 0) is 6.54 Å². The Labute approximate surface area is 137 Å². The quantitative estimate of drug-likeness (QED) is 0.691. The summed E-state index contributed by atoms with van der Waals surface area (Å²) >= 11 is 2.26. The van der Waals surface area contributed by atoms with E-state index in [1.54, 1.807) is 0 Å². The van der Waals surface area contributed by atoms with Crippen LogP contribution < -0.4 is 5.32 Å². The number of hydrogen-bond donors (Lipinski definition) is 1. The molecule has 0 radical (unpaired) electrons. The van der Waals surface area contributed by atoms with Crippen LogP contribution in [0.15, 0.2) is 42.9 Å². The van der Waals surface area contributed by atoms with Crippen molar-refractivity contribution >= 4 is 33.4 Å². The van der Waals surface area contributed by atoms with Gasteiger partial charge in [0, 0.05) is 30.4 Å². The molecule has 0 aliphatic carbocycles. The number of nitrogens with zero attached hydrogens (tertiary/aromatic N) is 3. The van der Waals surface area contributed by atoms with Gasteiger partial charge in [0.05, 0.1) is 9.77 Å². The fraction of sp³-hybridized carbons (Fsp3) is 0.250. The number of nitrogens with one attached hydrogen (secondary N) is 1. The summed E-state index contributed by atoms with van der Waals surface area (Å²) in [4.78, 5) is 4.63. The molecule has 21 heavy (non-hydrogen) atoms. The number of aromatic nitrogens is 3. The number of halogens is 1. The van der Waals surface area contributed by atoms with E-state index >= 15 is 0 Å². The molecule has 3 aromatic rings. The normalized spacial score (nSPS) is 11.4. The van der Waals surface area contributed by atoms with Crippen LogP contribution in [0.3, 0.4) is 0 Å². The lowest BCUT2D eigenvalue weighted by Crippen LogP contribution is -2.22. The molecule has 0 fully saturated rings. The third-order valence-corrected chi connectivity index (χ3v) is 3.88. The van der Waals surface area contributed by atoms with Gasteiger partial charge in [-0.1, -0.05) is 38.1 Å². The van der Waals surface area contributed by atoms with Crippen LogP contribution in [0.1, 0.15) is 19.4 Å². The van der Waals surface area contributed by atoms with E-state index in [4.69, 9.17) is 0 Å². The zero-order chi connectivity index (χ0) is 14.8. The van der Waals surface area contributed by atoms with E-state index in [1.807, 2.05) is 29.3 Å². The Morgan fingerprint density at radius 3 is 2.62 bits per heavy atom. The highest BCUT2D eigenvalue weighted by Crippen LogP contribution is 2.23. The molecule has 5 heteroatoms. The second-order valence-electron chi connectivity index (χ2n) is 5.29. The number of benzene rings is 1. The Morgan fingerprint density at radius 2 is 1.95 bits per heavy atom. The first-order valence-electron chi connectivity index (χ1n) is 6.95. The van der Waals surface area contributed by atoms with Crippen molar-refractivity contribution in [2.45, 2.75) is 26.4 Å². The maximum atomic E-state index is 4.63. The van der Waals surface area contributed by atoms with E-state index in [0.29, 0.717) is 6.04 Å². The van der Waals surface area contributed by atoms with E-state index in [2.05, 4.69) is 70.0 Å². The average molecular weight is 392 g/mol. The Hall–Kier alpha value is -1.47. The number of pyridine rings is 1. The molecule has 108 valence electrons. The van der Waals surface area contributed by atoms with Gasteiger partial charge >= 0.3 is 0 Å². The highest BCUT2D eigenvalue weighted by molar-refractivity contribution is 14.1. The van der Waals surface area contributed by atoms with Gasteiger partial charge in [-0.3, -0.25) is 0 Å². The predicted octanol–water partition coefficient (Wildman–Crippen LogP) is 3.52. The first kappa shape index (κ1) is 14.5. The van der Waals surface area contributed by atoms with Gasteiger partial charge in [0.25, 0.3) is 0 Å². The summed E-state index contributed by atoms with van der Waals surface area (Å²) < 4.78 is 2.94. The monoisotopic (exact) mass is 392 g/mol. The average Bonchev–Trinajstić information content (AvgIpc) is 2.91. The van der Waals surface area contributed by atoms with Crippen molar-refractivity contribution in [3.63, 3.8) is 0 Å². The van der Waals surface area contributed by atoms with E-state index in [0.717, 1.165) is 21.3 Å². The van der Waals surface area contributed by atoms with Crippen LogP contribution in [0.4, 0.5) is 0 Å². The van der Waals surface area contributed by atoms with Gasteiger partial charge in [-0.15, -0.1) is 0 Å². The van der Waals surface area contributed by atoms with E-state index in [1.165, 1.54) is 10.9 Å². The molecule has 0 saturated carbocycles. The zero-order valence-corrected chi connectivity index (χ0v) is 14.2. The second-order valence-corrected chi connectivity index (χ2v) is 6.54. The summed E-state index contributed by atoms with van der Waals surface area (Å²) in [5, 5.41) is 10.2. The van der Waals surface area contributed by atoms with Crippen LogP contribution in [0.2, 0.25) is 0 Å². The molecule has 0 aliphatic rings. The lowest BCUT2D eigenvalue weighted by Gasteiger charge is -2.12. The number of fused-ring (bicyclic) bond motifs is 1. The summed E-state index contributed by atoms with van der Waals surface area (Å²) in [6, 6.07) is 8.81. The molecule has 1 aromatic carbocycles. The summed E-state index contributed by atoms with van der Waals surface area (Å²) in [6.45, 7) is 5.12. The lowest BCUT2D eigenvalue weighted by molar-refractivity contribution is 0.590. The predicted molar refractivity (Wildman–Crippen MR) is 93.6 cm³/mol. The highest BCUT2D eigenvalue weighted by Gasteiger charge is 2.10.